The maximum absolute atomic E-state index is 6.24. The van der Waals surface area contributed by atoms with Gasteiger partial charge in [-0.25, -0.2) is 4.98 Å². The maximum atomic E-state index is 6.24. The summed E-state index contributed by atoms with van der Waals surface area (Å²) in [6, 6.07) is 24.7. The molecular weight excluding hydrogens is 440 g/mol. The molecule has 0 spiro atoms. The number of fused-ring (bicyclic) bond motifs is 6. The summed E-state index contributed by atoms with van der Waals surface area (Å²) in [6.07, 6.45) is 3.63. The largest absolute Gasteiger partial charge is 0.292 e. The topological polar surface area (TPSA) is 43.6 Å². The molecule has 0 atom stereocenters. The van der Waals surface area contributed by atoms with Crippen molar-refractivity contribution in [3.63, 3.8) is 0 Å². The molecular formula is C29H23ClN4. The second-order valence-corrected chi connectivity index (χ2v) is 10.0. The van der Waals surface area contributed by atoms with Crippen molar-refractivity contribution >= 4 is 44.4 Å². The van der Waals surface area contributed by atoms with Crippen LogP contribution in [0, 0.1) is 0 Å². The van der Waals surface area contributed by atoms with E-state index in [0.29, 0.717) is 5.02 Å². The minimum absolute atomic E-state index is 0.0819. The summed E-state index contributed by atoms with van der Waals surface area (Å²) in [7, 11) is 0. The molecule has 0 aliphatic heterocycles. The molecule has 34 heavy (non-hydrogen) atoms. The second-order valence-electron chi connectivity index (χ2n) is 9.57. The highest BCUT2D eigenvalue weighted by atomic mass is 35.5. The van der Waals surface area contributed by atoms with E-state index in [-0.39, 0.29) is 5.41 Å². The zero-order chi connectivity index (χ0) is 23.4. The molecule has 166 valence electrons. The monoisotopic (exact) mass is 462 g/mol. The molecule has 0 aliphatic carbocycles. The van der Waals surface area contributed by atoms with Crippen LogP contribution in [0.15, 0.2) is 85.2 Å². The van der Waals surface area contributed by atoms with Crippen LogP contribution in [-0.4, -0.2) is 19.5 Å². The van der Waals surface area contributed by atoms with Gasteiger partial charge in [-0.1, -0.05) is 56.6 Å². The average molecular weight is 463 g/mol. The molecule has 0 saturated heterocycles. The predicted molar refractivity (Wildman–Crippen MR) is 141 cm³/mol. The first-order valence-electron chi connectivity index (χ1n) is 11.3. The number of halogens is 1. The van der Waals surface area contributed by atoms with E-state index in [1.807, 2.05) is 48.8 Å². The van der Waals surface area contributed by atoms with Crippen LogP contribution < -0.4 is 0 Å². The first kappa shape index (κ1) is 20.8. The Bertz CT molecular complexity index is 1670. The third-order valence-electron chi connectivity index (χ3n) is 6.32. The van der Waals surface area contributed by atoms with E-state index in [1.165, 1.54) is 5.56 Å². The smallest absolute Gasteiger partial charge is 0.145 e. The number of nitrogens with zero attached hydrogens (tertiary/aromatic N) is 4. The third-order valence-corrected chi connectivity index (χ3v) is 6.57. The van der Waals surface area contributed by atoms with E-state index >= 15 is 0 Å². The normalized spacial score (nSPS) is 12.1. The summed E-state index contributed by atoms with van der Waals surface area (Å²) in [5, 5.41) is 2.71. The van der Waals surface area contributed by atoms with Crippen LogP contribution in [0.25, 0.3) is 49.9 Å². The van der Waals surface area contributed by atoms with E-state index in [4.69, 9.17) is 21.6 Å². The van der Waals surface area contributed by atoms with Gasteiger partial charge >= 0.3 is 0 Å². The van der Waals surface area contributed by atoms with Gasteiger partial charge < -0.3 is 0 Å². The highest BCUT2D eigenvalue weighted by Gasteiger charge is 2.21. The molecule has 6 aromatic rings. The number of pyridine rings is 2. The first-order chi connectivity index (χ1) is 16.4. The van der Waals surface area contributed by atoms with Crippen LogP contribution in [0.4, 0.5) is 0 Å². The van der Waals surface area contributed by atoms with Crippen molar-refractivity contribution in [1.82, 2.24) is 19.5 Å². The number of hydrogen-bond acceptors (Lipinski definition) is 3. The lowest BCUT2D eigenvalue weighted by Crippen LogP contribution is -2.10. The molecule has 3 aromatic heterocycles. The molecule has 0 radical (unpaired) electrons. The van der Waals surface area contributed by atoms with Crippen molar-refractivity contribution in [2.75, 3.05) is 0 Å². The average Bonchev–Trinajstić information content (AvgIpc) is 3.25. The first-order valence-corrected chi connectivity index (χ1v) is 11.7. The van der Waals surface area contributed by atoms with Gasteiger partial charge in [0.25, 0.3) is 0 Å². The predicted octanol–water partition coefficient (Wildman–Crippen LogP) is 7.74. The molecule has 0 unspecified atom stereocenters. The molecule has 5 heteroatoms. The summed E-state index contributed by atoms with van der Waals surface area (Å²) in [5.74, 6) is 0.874. The van der Waals surface area contributed by atoms with Crippen molar-refractivity contribution < 1.29 is 0 Å². The van der Waals surface area contributed by atoms with Crippen molar-refractivity contribution in [1.29, 1.82) is 0 Å². The Morgan fingerprint density at radius 1 is 0.706 bits per heavy atom. The standard InChI is InChI=1S/C29H23ClN4/c1-29(2,3)19-10-8-18(9-11-19)28-33-26-22-6-4-16-31-24(22)25-23(7-5-17-32-25)27(26)34(28)21-14-12-20(30)13-15-21/h4-17H,1-3H3. The Balaban J connectivity index is 1.76. The highest BCUT2D eigenvalue weighted by molar-refractivity contribution is 6.30. The van der Waals surface area contributed by atoms with E-state index in [1.54, 1.807) is 0 Å². The number of hydrogen-bond donors (Lipinski definition) is 0. The summed E-state index contributed by atoms with van der Waals surface area (Å²) < 4.78 is 2.22. The second kappa shape index (κ2) is 7.64. The number of rotatable bonds is 2. The van der Waals surface area contributed by atoms with Crippen LogP contribution in [0.2, 0.25) is 5.02 Å². The lowest BCUT2D eigenvalue weighted by molar-refractivity contribution is 0.590. The Morgan fingerprint density at radius 2 is 1.32 bits per heavy atom. The van der Waals surface area contributed by atoms with Crippen LogP contribution in [0.5, 0.6) is 0 Å². The van der Waals surface area contributed by atoms with Gasteiger partial charge in [0.1, 0.15) is 5.82 Å². The maximum Gasteiger partial charge on any atom is 0.145 e. The summed E-state index contributed by atoms with van der Waals surface area (Å²) in [6.45, 7) is 6.68. The van der Waals surface area contributed by atoms with Crippen molar-refractivity contribution in [3.8, 4) is 17.1 Å². The third kappa shape index (κ3) is 3.25. The highest BCUT2D eigenvalue weighted by Crippen LogP contribution is 2.38. The molecule has 0 N–H and O–H groups in total. The van der Waals surface area contributed by atoms with E-state index in [9.17, 15) is 0 Å². The van der Waals surface area contributed by atoms with E-state index in [2.05, 4.69) is 66.7 Å². The van der Waals surface area contributed by atoms with E-state index in [0.717, 1.165) is 49.9 Å². The molecule has 0 aliphatic rings. The van der Waals surface area contributed by atoms with Gasteiger partial charge in [-0.15, -0.1) is 0 Å². The molecule has 4 nitrogen and oxygen atoms in total. The molecule has 0 saturated carbocycles. The molecule has 6 rings (SSSR count). The lowest BCUT2D eigenvalue weighted by atomic mass is 9.86. The van der Waals surface area contributed by atoms with Gasteiger partial charge in [-0.2, -0.15) is 0 Å². The summed E-state index contributed by atoms with van der Waals surface area (Å²) >= 11 is 6.24. The molecule has 3 heterocycles. The van der Waals surface area contributed by atoms with Crippen LogP contribution in [0.3, 0.4) is 0 Å². The van der Waals surface area contributed by atoms with Crippen molar-refractivity contribution in [3.05, 3.63) is 95.8 Å². The lowest BCUT2D eigenvalue weighted by Gasteiger charge is -2.19. The summed E-state index contributed by atoms with van der Waals surface area (Å²) in [5.41, 5.74) is 7.07. The number of aromatic nitrogens is 4. The summed E-state index contributed by atoms with van der Waals surface area (Å²) in [4.78, 5) is 14.6. The molecule has 0 bridgehead atoms. The van der Waals surface area contributed by atoms with Crippen LogP contribution in [-0.2, 0) is 5.41 Å². The van der Waals surface area contributed by atoms with Crippen molar-refractivity contribution in [2.45, 2.75) is 26.2 Å². The fourth-order valence-corrected chi connectivity index (χ4v) is 4.71. The Kier molecular flexibility index (Phi) is 4.68. The minimum atomic E-state index is 0.0819. The number of imidazole rings is 1. The van der Waals surface area contributed by atoms with Gasteiger partial charge in [-0.05, 0) is 59.5 Å². The minimum Gasteiger partial charge on any atom is -0.292 e. The fourth-order valence-electron chi connectivity index (χ4n) is 4.58. The number of benzene rings is 3. The van der Waals surface area contributed by atoms with Gasteiger partial charge in [0.15, 0.2) is 0 Å². The fraction of sp³-hybridized carbons (Fsp3) is 0.138. The van der Waals surface area contributed by atoms with Crippen LogP contribution >= 0.6 is 11.6 Å². The Hall–Kier alpha value is -3.76. The Morgan fingerprint density at radius 3 is 1.97 bits per heavy atom. The molecule has 0 fully saturated rings. The van der Waals surface area contributed by atoms with Gasteiger partial charge in [-0.3, -0.25) is 14.5 Å². The SMILES string of the molecule is CC(C)(C)c1ccc(-c2nc3c4cccnc4c4ncccc4c3n2-c2ccc(Cl)cc2)cc1. The zero-order valence-corrected chi connectivity index (χ0v) is 20.0. The van der Waals surface area contributed by atoms with Crippen LogP contribution in [0.1, 0.15) is 26.3 Å². The van der Waals surface area contributed by atoms with E-state index < -0.39 is 0 Å². The van der Waals surface area contributed by atoms with Gasteiger partial charge in [0.2, 0.25) is 0 Å². The van der Waals surface area contributed by atoms with Gasteiger partial charge in [0.05, 0.1) is 22.1 Å². The molecule has 3 aromatic carbocycles. The quantitative estimate of drug-likeness (QED) is 0.247. The zero-order valence-electron chi connectivity index (χ0n) is 19.2. The molecule has 0 amide bonds. The van der Waals surface area contributed by atoms with Crippen molar-refractivity contribution in [2.24, 2.45) is 0 Å². The Labute approximate surface area is 202 Å². The van der Waals surface area contributed by atoms with Gasteiger partial charge in [0, 0.05) is 39.4 Å².